The van der Waals surface area contributed by atoms with Gasteiger partial charge >= 0.3 is 12.2 Å². The van der Waals surface area contributed by atoms with Crippen molar-refractivity contribution in [1.82, 2.24) is 0 Å². The lowest BCUT2D eigenvalue weighted by molar-refractivity contribution is -0.137. The number of urea groups is 1. The highest BCUT2D eigenvalue weighted by Gasteiger charge is 2.30. The van der Waals surface area contributed by atoms with Crippen LogP contribution in [0.4, 0.5) is 29.3 Å². The number of carbonyl (C=O) groups excluding carboxylic acids is 2. The quantitative estimate of drug-likeness (QED) is 0.603. The molecular formula is C19H14F3N3O3. The van der Waals surface area contributed by atoms with Gasteiger partial charge in [-0.3, -0.25) is 4.79 Å². The number of rotatable bonds is 4. The summed E-state index contributed by atoms with van der Waals surface area (Å²) < 4.78 is 43.9. The zero-order valence-electron chi connectivity index (χ0n) is 14.2. The number of hydrogen-bond acceptors (Lipinski definition) is 3. The molecule has 0 radical (unpaired) electrons. The number of halogens is 3. The SMILES string of the molecule is NC(=O)Nc1cccc(NC(=O)c2ccc(-c3cccc(C(F)(F)F)c3)o2)c1. The van der Waals surface area contributed by atoms with Gasteiger partial charge < -0.3 is 20.8 Å². The van der Waals surface area contributed by atoms with Gasteiger partial charge in [-0.05, 0) is 42.5 Å². The van der Waals surface area contributed by atoms with Crippen LogP contribution in [0.15, 0.2) is 65.1 Å². The monoisotopic (exact) mass is 389 g/mol. The average molecular weight is 389 g/mol. The van der Waals surface area contributed by atoms with Crippen LogP contribution < -0.4 is 16.4 Å². The molecule has 0 bridgehead atoms. The summed E-state index contributed by atoms with van der Waals surface area (Å²) in [5.41, 5.74) is 5.17. The Morgan fingerprint density at radius 1 is 0.893 bits per heavy atom. The van der Waals surface area contributed by atoms with Crippen LogP contribution in [-0.2, 0) is 6.18 Å². The van der Waals surface area contributed by atoms with Crippen LogP contribution in [0.1, 0.15) is 16.1 Å². The summed E-state index contributed by atoms with van der Waals surface area (Å²) in [4.78, 5) is 23.2. The average Bonchev–Trinajstić information content (AvgIpc) is 3.11. The third kappa shape index (κ3) is 4.50. The summed E-state index contributed by atoms with van der Waals surface area (Å²) >= 11 is 0. The van der Waals surface area contributed by atoms with E-state index in [-0.39, 0.29) is 17.1 Å². The van der Waals surface area contributed by atoms with Gasteiger partial charge in [-0.1, -0.05) is 18.2 Å². The van der Waals surface area contributed by atoms with Gasteiger partial charge in [-0.15, -0.1) is 0 Å². The number of anilines is 2. The van der Waals surface area contributed by atoms with Crippen molar-refractivity contribution < 1.29 is 27.2 Å². The maximum atomic E-state index is 12.8. The van der Waals surface area contributed by atoms with Crippen LogP contribution in [0.2, 0.25) is 0 Å². The maximum absolute atomic E-state index is 12.8. The van der Waals surface area contributed by atoms with Gasteiger partial charge in [-0.25, -0.2) is 4.79 Å². The van der Waals surface area contributed by atoms with Gasteiger partial charge in [0.2, 0.25) is 0 Å². The Morgan fingerprint density at radius 2 is 1.57 bits per heavy atom. The van der Waals surface area contributed by atoms with E-state index in [1.807, 2.05) is 0 Å². The molecule has 0 aliphatic heterocycles. The van der Waals surface area contributed by atoms with Crippen LogP contribution in [0.25, 0.3) is 11.3 Å². The lowest BCUT2D eigenvalue weighted by Gasteiger charge is -2.07. The van der Waals surface area contributed by atoms with Gasteiger partial charge in [0.15, 0.2) is 5.76 Å². The Bertz CT molecular complexity index is 1030. The van der Waals surface area contributed by atoms with Crippen molar-refractivity contribution >= 4 is 23.3 Å². The Kier molecular flexibility index (Phi) is 5.08. The lowest BCUT2D eigenvalue weighted by Crippen LogP contribution is -2.19. The summed E-state index contributed by atoms with van der Waals surface area (Å²) in [7, 11) is 0. The standard InChI is InChI=1S/C19H14F3N3O3/c20-19(21,22)12-4-1-3-11(9-12)15-7-8-16(28-15)17(26)24-13-5-2-6-14(10-13)25-18(23)27/h1-10H,(H,24,26)(H3,23,25,27). The number of nitrogens with two attached hydrogens (primary N) is 1. The second-order valence-corrected chi connectivity index (χ2v) is 5.77. The normalized spacial score (nSPS) is 11.1. The first-order valence-electron chi connectivity index (χ1n) is 7.98. The van der Waals surface area contributed by atoms with E-state index in [0.29, 0.717) is 11.4 Å². The third-order valence-electron chi connectivity index (χ3n) is 3.69. The summed E-state index contributed by atoms with van der Waals surface area (Å²) in [6.45, 7) is 0. The van der Waals surface area contributed by atoms with Gasteiger partial charge in [0.05, 0.1) is 5.56 Å². The number of nitrogens with one attached hydrogen (secondary N) is 2. The fourth-order valence-corrected chi connectivity index (χ4v) is 2.47. The van der Waals surface area contributed by atoms with Crippen molar-refractivity contribution in [2.75, 3.05) is 10.6 Å². The van der Waals surface area contributed by atoms with E-state index in [9.17, 15) is 22.8 Å². The molecule has 3 amide bonds. The fraction of sp³-hybridized carbons (Fsp3) is 0.0526. The summed E-state index contributed by atoms with van der Waals surface area (Å²) in [5, 5.41) is 4.94. The topological polar surface area (TPSA) is 97.4 Å². The Hall–Kier alpha value is -3.75. The maximum Gasteiger partial charge on any atom is 0.416 e. The molecule has 0 atom stereocenters. The highest BCUT2D eigenvalue weighted by molar-refractivity contribution is 6.03. The van der Waals surface area contributed by atoms with E-state index in [1.165, 1.54) is 30.3 Å². The Balaban J connectivity index is 1.77. The smallest absolute Gasteiger partial charge is 0.416 e. The number of carbonyl (C=O) groups is 2. The molecule has 0 spiro atoms. The van der Waals surface area contributed by atoms with E-state index in [4.69, 9.17) is 10.2 Å². The number of alkyl halides is 3. The molecule has 0 aliphatic rings. The number of amides is 3. The van der Waals surface area contributed by atoms with Gasteiger partial charge in [-0.2, -0.15) is 13.2 Å². The molecule has 1 heterocycles. The number of furan rings is 1. The highest BCUT2D eigenvalue weighted by atomic mass is 19.4. The van der Waals surface area contributed by atoms with Crippen LogP contribution in [0.3, 0.4) is 0 Å². The first kappa shape index (κ1) is 19.0. The van der Waals surface area contributed by atoms with Crippen molar-refractivity contribution in [1.29, 1.82) is 0 Å². The van der Waals surface area contributed by atoms with Crippen LogP contribution in [-0.4, -0.2) is 11.9 Å². The number of hydrogen-bond donors (Lipinski definition) is 3. The summed E-state index contributed by atoms with van der Waals surface area (Å²) in [6.07, 6.45) is -4.48. The van der Waals surface area contributed by atoms with E-state index in [0.717, 1.165) is 12.1 Å². The molecule has 0 aliphatic carbocycles. The van der Waals surface area contributed by atoms with E-state index >= 15 is 0 Å². The van der Waals surface area contributed by atoms with Crippen molar-refractivity contribution in [3.63, 3.8) is 0 Å². The van der Waals surface area contributed by atoms with Crippen molar-refractivity contribution in [2.45, 2.75) is 6.18 Å². The molecule has 0 saturated heterocycles. The molecular weight excluding hydrogens is 375 g/mol. The van der Waals surface area contributed by atoms with Crippen molar-refractivity contribution in [3.05, 3.63) is 72.0 Å². The predicted octanol–water partition coefficient (Wildman–Crippen LogP) is 4.71. The molecule has 9 heteroatoms. The lowest BCUT2D eigenvalue weighted by atomic mass is 10.1. The third-order valence-corrected chi connectivity index (χ3v) is 3.69. The van der Waals surface area contributed by atoms with Crippen molar-refractivity contribution in [3.8, 4) is 11.3 Å². The minimum absolute atomic E-state index is 0.0827. The first-order valence-corrected chi connectivity index (χ1v) is 7.98. The van der Waals surface area contributed by atoms with Crippen LogP contribution in [0, 0.1) is 0 Å². The van der Waals surface area contributed by atoms with Gasteiger partial charge in [0.25, 0.3) is 5.91 Å². The predicted molar refractivity (Wildman–Crippen MR) is 96.7 cm³/mol. The zero-order chi connectivity index (χ0) is 20.3. The molecule has 0 fully saturated rings. The highest BCUT2D eigenvalue weighted by Crippen LogP contribution is 2.32. The molecule has 144 valence electrons. The second-order valence-electron chi connectivity index (χ2n) is 5.77. The van der Waals surface area contributed by atoms with Crippen LogP contribution in [0.5, 0.6) is 0 Å². The molecule has 6 nitrogen and oxygen atoms in total. The first-order chi connectivity index (χ1) is 13.2. The Morgan fingerprint density at radius 3 is 2.25 bits per heavy atom. The number of primary amides is 1. The second kappa shape index (κ2) is 7.47. The van der Waals surface area contributed by atoms with Gasteiger partial charge in [0, 0.05) is 16.9 Å². The molecule has 0 saturated carbocycles. The minimum atomic E-state index is -4.48. The van der Waals surface area contributed by atoms with E-state index in [1.54, 1.807) is 18.2 Å². The summed E-state index contributed by atoms with van der Waals surface area (Å²) in [5.74, 6) is -0.560. The van der Waals surface area contributed by atoms with Crippen molar-refractivity contribution in [2.24, 2.45) is 5.73 Å². The largest absolute Gasteiger partial charge is 0.451 e. The van der Waals surface area contributed by atoms with Crippen LogP contribution >= 0.6 is 0 Å². The van der Waals surface area contributed by atoms with E-state index < -0.39 is 23.7 Å². The number of benzene rings is 2. The molecule has 3 aromatic rings. The van der Waals surface area contributed by atoms with E-state index in [2.05, 4.69) is 10.6 Å². The molecule has 4 N–H and O–H groups in total. The van der Waals surface area contributed by atoms with Gasteiger partial charge in [0.1, 0.15) is 5.76 Å². The molecule has 2 aromatic carbocycles. The minimum Gasteiger partial charge on any atom is -0.451 e. The molecule has 0 unspecified atom stereocenters. The fourth-order valence-electron chi connectivity index (χ4n) is 2.47. The Labute approximate surface area is 157 Å². The molecule has 3 rings (SSSR count). The molecule has 1 aromatic heterocycles. The zero-order valence-corrected chi connectivity index (χ0v) is 14.2. The molecule has 28 heavy (non-hydrogen) atoms. The summed E-state index contributed by atoms with van der Waals surface area (Å²) in [6, 6.07) is 12.9.